The van der Waals surface area contributed by atoms with Crippen LogP contribution in [-0.4, -0.2) is 20.9 Å². The minimum atomic E-state index is -0.278. The molecule has 0 spiro atoms. The number of rotatable bonds is 6. The predicted molar refractivity (Wildman–Crippen MR) is 127 cm³/mol. The van der Waals surface area contributed by atoms with Crippen LogP contribution in [0.3, 0.4) is 0 Å². The van der Waals surface area contributed by atoms with E-state index in [2.05, 4.69) is 27.8 Å². The summed E-state index contributed by atoms with van der Waals surface area (Å²) >= 11 is 0. The molecule has 0 amide bonds. The molecule has 0 saturated carbocycles. The maximum absolute atomic E-state index is 11.8. The zero-order chi connectivity index (χ0) is 22.6. The molecule has 0 N–H and O–H groups in total. The van der Waals surface area contributed by atoms with Crippen LogP contribution in [0.1, 0.15) is 29.3 Å². The fraction of sp³-hybridized carbons (Fsp3) is 0.185. The Hall–Kier alpha value is -3.90. The Morgan fingerprint density at radius 3 is 2.52 bits per heavy atom. The van der Waals surface area contributed by atoms with E-state index in [4.69, 9.17) is 4.74 Å². The second-order valence-corrected chi connectivity index (χ2v) is 8.23. The number of para-hydroxylation sites is 2. The van der Waals surface area contributed by atoms with Crippen molar-refractivity contribution in [2.75, 3.05) is 6.54 Å². The molecule has 1 unspecified atom stereocenters. The third kappa shape index (κ3) is 4.52. The number of fused-ring (bicyclic) bond motifs is 1. The zero-order valence-corrected chi connectivity index (χ0v) is 18.2. The number of aryl methyl sites for hydroxylation is 1. The quantitative estimate of drug-likeness (QED) is 0.266. The Labute approximate surface area is 192 Å². The summed E-state index contributed by atoms with van der Waals surface area (Å²) in [6.07, 6.45) is 3.04. The molecule has 1 atom stereocenters. The highest BCUT2D eigenvalue weighted by Crippen LogP contribution is 2.37. The maximum atomic E-state index is 11.8. The van der Waals surface area contributed by atoms with Gasteiger partial charge >= 0.3 is 0 Å². The number of hydrogen-bond acceptors (Lipinski definition) is 4. The van der Waals surface area contributed by atoms with Crippen molar-refractivity contribution in [3.8, 4) is 11.5 Å². The highest BCUT2D eigenvalue weighted by atomic mass is 16.6. The van der Waals surface area contributed by atoms with Gasteiger partial charge in [0.25, 0.3) is 5.69 Å². The zero-order valence-electron chi connectivity index (χ0n) is 18.2. The van der Waals surface area contributed by atoms with Crippen LogP contribution < -0.4 is 4.74 Å². The molecule has 0 fully saturated rings. The Morgan fingerprint density at radius 1 is 0.879 bits per heavy atom. The van der Waals surface area contributed by atoms with Crippen molar-refractivity contribution in [3.63, 3.8) is 0 Å². The summed E-state index contributed by atoms with van der Waals surface area (Å²) in [7, 11) is 0. The molecule has 1 aliphatic rings. The molecule has 3 aromatic carbocycles. The Bertz CT molecular complexity index is 1250. The minimum absolute atomic E-state index is 0.156. The van der Waals surface area contributed by atoms with Gasteiger partial charge in [0.15, 0.2) is 0 Å². The van der Waals surface area contributed by atoms with E-state index in [-0.39, 0.29) is 16.7 Å². The lowest BCUT2D eigenvalue weighted by atomic mass is 9.99. The maximum Gasteiger partial charge on any atom is 0.274 e. The topological polar surface area (TPSA) is 60.5 Å². The smallest absolute Gasteiger partial charge is 0.274 e. The van der Waals surface area contributed by atoms with Crippen LogP contribution in [0.25, 0.3) is 0 Å². The van der Waals surface area contributed by atoms with Crippen LogP contribution in [-0.2, 0) is 13.1 Å². The van der Waals surface area contributed by atoms with E-state index in [1.807, 2.05) is 66.7 Å². The summed E-state index contributed by atoms with van der Waals surface area (Å²) in [5.41, 5.74) is 3.06. The van der Waals surface area contributed by atoms with E-state index in [9.17, 15) is 10.1 Å². The second-order valence-electron chi connectivity index (χ2n) is 8.23. The lowest BCUT2D eigenvalue weighted by molar-refractivity contribution is -0.385. The number of nitrogens with zero attached hydrogens (tertiary/aromatic N) is 3. The SMILES string of the molecule is O=[N+]([O-])c1ccccc1C1c2cccn2CCCN1Cc1cccc(Oc2ccccc2)c1. The van der Waals surface area contributed by atoms with Crippen LogP contribution in [0.15, 0.2) is 97.2 Å². The average Bonchev–Trinajstić information content (AvgIpc) is 3.21. The third-order valence-corrected chi connectivity index (χ3v) is 6.05. The Kier molecular flexibility index (Phi) is 5.91. The summed E-state index contributed by atoms with van der Waals surface area (Å²) < 4.78 is 8.25. The Balaban J connectivity index is 1.49. The highest BCUT2D eigenvalue weighted by Gasteiger charge is 2.32. The van der Waals surface area contributed by atoms with Crippen LogP contribution in [0, 0.1) is 10.1 Å². The van der Waals surface area contributed by atoms with Gasteiger partial charge in [0.1, 0.15) is 11.5 Å². The van der Waals surface area contributed by atoms with Gasteiger partial charge in [-0.2, -0.15) is 0 Å². The molecule has 6 heteroatoms. The molecular formula is C27H25N3O3. The summed E-state index contributed by atoms with van der Waals surface area (Å²) in [5, 5.41) is 11.8. The van der Waals surface area contributed by atoms with Gasteiger partial charge in [-0.15, -0.1) is 0 Å². The molecule has 1 aromatic heterocycles. The molecule has 33 heavy (non-hydrogen) atoms. The van der Waals surface area contributed by atoms with E-state index >= 15 is 0 Å². The van der Waals surface area contributed by atoms with Gasteiger partial charge in [0.2, 0.25) is 0 Å². The van der Waals surface area contributed by atoms with Crippen molar-refractivity contribution in [3.05, 3.63) is 124 Å². The fourth-order valence-electron chi connectivity index (χ4n) is 4.62. The molecule has 1 aliphatic heterocycles. The van der Waals surface area contributed by atoms with Crippen LogP contribution >= 0.6 is 0 Å². The number of aromatic nitrogens is 1. The molecule has 0 radical (unpaired) electrons. The predicted octanol–water partition coefficient (Wildman–Crippen LogP) is 6.18. The first-order chi connectivity index (χ1) is 16.2. The van der Waals surface area contributed by atoms with E-state index < -0.39 is 0 Å². The molecule has 166 valence electrons. The first kappa shape index (κ1) is 21.0. The van der Waals surface area contributed by atoms with Crippen LogP contribution in [0.5, 0.6) is 11.5 Å². The molecular weight excluding hydrogens is 414 g/mol. The summed E-state index contributed by atoms with van der Waals surface area (Å²) in [4.78, 5) is 13.9. The van der Waals surface area contributed by atoms with Crippen molar-refractivity contribution in [1.82, 2.24) is 9.47 Å². The summed E-state index contributed by atoms with van der Waals surface area (Å²) in [6, 6.07) is 28.8. The van der Waals surface area contributed by atoms with Crippen molar-refractivity contribution >= 4 is 5.69 Å². The fourth-order valence-corrected chi connectivity index (χ4v) is 4.62. The molecule has 2 heterocycles. The first-order valence-corrected chi connectivity index (χ1v) is 11.1. The van der Waals surface area contributed by atoms with Gasteiger partial charge in [-0.3, -0.25) is 15.0 Å². The average molecular weight is 440 g/mol. The van der Waals surface area contributed by atoms with Gasteiger partial charge in [0, 0.05) is 37.6 Å². The van der Waals surface area contributed by atoms with Crippen LogP contribution in [0.4, 0.5) is 5.69 Å². The lowest BCUT2D eigenvalue weighted by Gasteiger charge is -2.30. The molecule has 0 saturated heterocycles. The normalized spacial score (nSPS) is 16.1. The van der Waals surface area contributed by atoms with Crippen LogP contribution in [0.2, 0.25) is 0 Å². The van der Waals surface area contributed by atoms with E-state index in [0.29, 0.717) is 6.54 Å². The van der Waals surface area contributed by atoms with E-state index in [1.165, 1.54) is 0 Å². The van der Waals surface area contributed by atoms with Gasteiger partial charge in [0.05, 0.1) is 16.5 Å². The largest absolute Gasteiger partial charge is 0.457 e. The number of nitro groups is 1. The van der Waals surface area contributed by atoms with Crippen molar-refractivity contribution in [2.24, 2.45) is 0 Å². The first-order valence-electron chi connectivity index (χ1n) is 11.1. The number of benzene rings is 3. The highest BCUT2D eigenvalue weighted by molar-refractivity contribution is 5.46. The summed E-state index contributed by atoms with van der Waals surface area (Å²) in [5.74, 6) is 1.57. The number of ether oxygens (including phenoxy) is 1. The molecule has 6 nitrogen and oxygen atoms in total. The second kappa shape index (κ2) is 9.30. The molecule has 0 bridgehead atoms. The molecule has 4 aromatic rings. The van der Waals surface area contributed by atoms with Gasteiger partial charge in [-0.05, 0) is 48.4 Å². The Morgan fingerprint density at radius 2 is 1.67 bits per heavy atom. The molecule has 0 aliphatic carbocycles. The van der Waals surface area contributed by atoms with Crippen molar-refractivity contribution < 1.29 is 9.66 Å². The van der Waals surface area contributed by atoms with Gasteiger partial charge in [-0.25, -0.2) is 0 Å². The number of hydrogen-bond donors (Lipinski definition) is 0. The van der Waals surface area contributed by atoms with E-state index in [0.717, 1.165) is 47.8 Å². The number of nitro benzene ring substituents is 1. The van der Waals surface area contributed by atoms with Gasteiger partial charge in [-0.1, -0.05) is 48.5 Å². The third-order valence-electron chi connectivity index (χ3n) is 6.05. The standard InChI is InChI=1S/C27H25N3O3/c31-30(32)25-14-5-4-13-24(25)27-26-15-7-16-28(26)17-8-18-29(27)20-21-9-6-12-23(19-21)33-22-10-2-1-3-11-22/h1-7,9-16,19,27H,8,17-18,20H2. The molecule has 5 rings (SSSR count). The summed E-state index contributed by atoms with van der Waals surface area (Å²) in [6.45, 7) is 2.39. The lowest BCUT2D eigenvalue weighted by Crippen LogP contribution is -2.30. The van der Waals surface area contributed by atoms with E-state index in [1.54, 1.807) is 12.1 Å². The van der Waals surface area contributed by atoms with Crippen molar-refractivity contribution in [2.45, 2.75) is 25.6 Å². The monoisotopic (exact) mass is 439 g/mol. The minimum Gasteiger partial charge on any atom is -0.457 e. The van der Waals surface area contributed by atoms with Crippen molar-refractivity contribution in [1.29, 1.82) is 0 Å². The van der Waals surface area contributed by atoms with Gasteiger partial charge < -0.3 is 9.30 Å².